The van der Waals surface area contributed by atoms with Crippen LogP contribution in [0.5, 0.6) is 23.0 Å². The van der Waals surface area contributed by atoms with Crippen molar-refractivity contribution in [3.05, 3.63) is 279 Å². The summed E-state index contributed by atoms with van der Waals surface area (Å²) < 4.78 is 73.3. The van der Waals surface area contributed by atoms with Crippen LogP contribution in [0.15, 0.2) is 233 Å². The maximum absolute atomic E-state index is 11.9. The monoisotopic (exact) mass is 1850 g/mol. The Morgan fingerprint density at radius 3 is 1.14 bits per heavy atom. The zero-order chi connectivity index (χ0) is 85.9. The first-order valence-electron chi connectivity index (χ1n) is 36.1. The SMILES string of the molecule is COC(=O)c1cc(C)cc2oc(-c3ccc(OC)cc3)cc12.COC(=O)c1cc(C)cc2oc(Br)cc12.COC(=O)c1cc(C)cc2occc12.COc1ccc(-c2oc3cc(C)cc(C)c3c2-c2cc(C)cc(OC)c2)cc1.COc1ccc(-c2oc3cc(C)cc(C)c3c2Br)cc1.Cc1cc(C)c2c(Br)c(Br)oc2c1.O=C=O.O=C=O. The van der Waals surface area contributed by atoms with Crippen molar-refractivity contribution in [3.63, 3.8) is 0 Å². The predicted molar refractivity (Wildman–Crippen MR) is 467 cm³/mol. The van der Waals surface area contributed by atoms with Gasteiger partial charge in [-0.15, -0.1) is 0 Å². The van der Waals surface area contributed by atoms with Gasteiger partial charge in [-0.2, -0.15) is 19.2 Å². The van der Waals surface area contributed by atoms with Crippen molar-refractivity contribution in [2.45, 2.75) is 69.2 Å². The van der Waals surface area contributed by atoms with E-state index in [1.165, 1.54) is 54.7 Å². The summed E-state index contributed by atoms with van der Waals surface area (Å²) in [4.78, 5) is 67.4. The van der Waals surface area contributed by atoms with Crippen LogP contribution in [0.1, 0.15) is 86.7 Å². The lowest BCUT2D eigenvalue weighted by Crippen LogP contribution is -2.01. The third kappa shape index (κ3) is 21.5. The Morgan fingerprint density at radius 1 is 0.314 bits per heavy atom. The average Bonchev–Trinajstić information content (AvgIpc) is 1.62. The molecule has 606 valence electrons. The maximum Gasteiger partial charge on any atom is 0.373 e. The summed E-state index contributed by atoms with van der Waals surface area (Å²) in [6, 6.07) is 58.9. The molecule has 0 radical (unpaired) electrons. The molecular weight excluding hydrogens is 1770 g/mol. The Kier molecular flexibility index (Phi) is 31.2. The third-order valence-corrected chi connectivity index (χ3v) is 21.4. The number of methoxy groups -OCH3 is 7. The van der Waals surface area contributed by atoms with Crippen LogP contribution in [0.2, 0.25) is 0 Å². The van der Waals surface area contributed by atoms with E-state index in [-0.39, 0.29) is 30.2 Å². The van der Waals surface area contributed by atoms with Crippen molar-refractivity contribution in [1.29, 1.82) is 0 Å². The fourth-order valence-corrected chi connectivity index (χ4v) is 15.5. The van der Waals surface area contributed by atoms with Gasteiger partial charge in [-0.3, -0.25) is 0 Å². The Hall–Kier alpha value is -12.3. The molecule has 20 nitrogen and oxygen atoms in total. The van der Waals surface area contributed by atoms with Gasteiger partial charge in [0.05, 0.1) is 81.7 Å². The minimum atomic E-state index is -0.365. The number of carbonyl (C=O) groups excluding carboxylic acids is 7. The molecule has 0 amide bonds. The Balaban J connectivity index is 0.000000162. The van der Waals surface area contributed by atoms with Crippen LogP contribution in [-0.2, 0) is 33.4 Å². The van der Waals surface area contributed by atoms with E-state index in [4.69, 9.17) is 74.1 Å². The van der Waals surface area contributed by atoms with Crippen molar-refractivity contribution in [2.24, 2.45) is 0 Å². The van der Waals surface area contributed by atoms with Crippen molar-refractivity contribution in [3.8, 4) is 68.1 Å². The van der Waals surface area contributed by atoms with E-state index >= 15 is 0 Å². The summed E-state index contributed by atoms with van der Waals surface area (Å²) in [6.45, 7) is 20.4. The van der Waals surface area contributed by atoms with Gasteiger partial charge in [0.1, 0.15) is 73.8 Å². The molecule has 6 heterocycles. The van der Waals surface area contributed by atoms with Crippen LogP contribution in [0.4, 0.5) is 0 Å². The molecule has 16 rings (SSSR count). The second kappa shape index (κ2) is 41.0. The molecule has 0 bridgehead atoms. The topological polar surface area (TPSA) is 263 Å². The number of halogens is 4. The molecule has 0 spiro atoms. The molecule has 118 heavy (non-hydrogen) atoms. The van der Waals surface area contributed by atoms with Crippen molar-refractivity contribution >= 4 is 160 Å². The zero-order valence-electron chi connectivity index (χ0n) is 67.6. The van der Waals surface area contributed by atoms with Gasteiger partial charge in [0.15, 0.2) is 9.34 Å². The van der Waals surface area contributed by atoms with Crippen LogP contribution in [0, 0.1) is 69.2 Å². The zero-order valence-corrected chi connectivity index (χ0v) is 73.9. The molecule has 0 unspecified atom stereocenters. The molecule has 0 saturated heterocycles. The van der Waals surface area contributed by atoms with Gasteiger partial charge in [-0.1, -0.05) is 24.3 Å². The minimum absolute atomic E-state index is 0.250. The van der Waals surface area contributed by atoms with Crippen molar-refractivity contribution in [2.75, 3.05) is 49.8 Å². The van der Waals surface area contributed by atoms with E-state index in [0.29, 0.717) is 43.9 Å². The van der Waals surface area contributed by atoms with Crippen molar-refractivity contribution < 1.29 is 93.2 Å². The highest BCUT2D eigenvalue weighted by Crippen LogP contribution is 2.46. The lowest BCUT2D eigenvalue weighted by Gasteiger charge is -2.10. The molecular formula is C94H82Br4O20. The fourth-order valence-electron chi connectivity index (χ4n) is 13.3. The fraction of sp³-hybridized carbons (Fsp3) is 0.181. The molecule has 16 aromatic rings. The van der Waals surface area contributed by atoms with Gasteiger partial charge in [-0.25, -0.2) is 14.4 Å². The van der Waals surface area contributed by atoms with Gasteiger partial charge in [0.25, 0.3) is 0 Å². The molecule has 0 aliphatic heterocycles. The maximum atomic E-state index is 11.9. The Morgan fingerprint density at radius 2 is 0.678 bits per heavy atom. The predicted octanol–water partition coefficient (Wildman–Crippen LogP) is 25.6. The third-order valence-electron chi connectivity index (χ3n) is 18.4. The van der Waals surface area contributed by atoms with E-state index in [1.807, 2.05) is 136 Å². The molecule has 0 aliphatic rings. The number of furan rings is 6. The average molecular weight is 1850 g/mol. The number of fused-ring (bicyclic) bond motifs is 6. The van der Waals surface area contributed by atoms with Crippen LogP contribution in [0.25, 0.3) is 111 Å². The highest BCUT2D eigenvalue weighted by molar-refractivity contribution is 9.13. The summed E-state index contributed by atoms with van der Waals surface area (Å²) in [5.74, 6) is 4.66. The number of carbonyl (C=O) groups is 3. The molecule has 24 heteroatoms. The summed E-state index contributed by atoms with van der Waals surface area (Å²) in [5, 5.41) is 5.74. The first-order chi connectivity index (χ1) is 56.5. The van der Waals surface area contributed by atoms with Crippen LogP contribution >= 0.6 is 63.7 Å². The van der Waals surface area contributed by atoms with Gasteiger partial charge in [0.2, 0.25) is 0 Å². The van der Waals surface area contributed by atoms with E-state index in [2.05, 4.69) is 159 Å². The van der Waals surface area contributed by atoms with E-state index in [0.717, 1.165) is 147 Å². The van der Waals surface area contributed by atoms with Gasteiger partial charge in [-0.05, 0) is 352 Å². The number of hydrogen-bond acceptors (Lipinski definition) is 20. The molecule has 10 aromatic carbocycles. The number of benzene rings is 10. The van der Waals surface area contributed by atoms with Crippen molar-refractivity contribution in [1.82, 2.24) is 0 Å². The Labute approximate surface area is 713 Å². The number of hydrogen-bond donors (Lipinski definition) is 0. The first-order valence-corrected chi connectivity index (χ1v) is 39.3. The molecule has 0 fully saturated rings. The minimum Gasteiger partial charge on any atom is -0.497 e. The molecule has 0 N–H and O–H groups in total. The van der Waals surface area contributed by atoms with E-state index in [1.54, 1.807) is 59.0 Å². The van der Waals surface area contributed by atoms with Crippen LogP contribution in [0.3, 0.4) is 0 Å². The highest BCUT2D eigenvalue weighted by atomic mass is 79.9. The Bertz CT molecular complexity index is 6340. The van der Waals surface area contributed by atoms with Gasteiger partial charge >= 0.3 is 30.2 Å². The standard InChI is InChI=1S/C25H24O3.C18H16O4.C17H15BrO2.C11H9BrO3.C11H10O3.C10H8Br2O.2CO2/c1-15-10-17(3)23-22(13-15)28-25(18-6-8-20(26-4)9-7-18)24(23)19-11-16(2)12-21(14-19)27-5;1-11-8-15(18(19)21-3)14-10-16(22-17(14)9-11)12-4-6-13(20-2)7-5-12;1-10-8-11(2)15-14(9-10)20-17(16(15)18)12-4-6-13(19-3)7-5-12;1-6-3-8(11(13)14-2)7-5-10(12)15-9(7)4-6;1-7-5-9(11(12)13-2)8-3-4-14-10(8)6-7;1-5-3-6(2)8-7(4-5)13-10(12)9(8)11;2*2-1-3/h6-14H,1-5H3;4-10H,1-3H3;4-9H,1-3H3;3-5H,1-2H3;3-6H,1-2H3;3-4H,1-2H3;;. The van der Waals surface area contributed by atoms with Gasteiger partial charge < -0.3 is 59.7 Å². The summed E-state index contributed by atoms with van der Waals surface area (Å²) >= 11 is 13.7. The molecule has 0 atom stereocenters. The lowest BCUT2D eigenvalue weighted by atomic mass is 9.94. The van der Waals surface area contributed by atoms with Crippen LogP contribution in [-0.4, -0.2) is 80.0 Å². The molecule has 6 aromatic heterocycles. The normalized spacial score (nSPS) is 10.4. The summed E-state index contributed by atoms with van der Waals surface area (Å²) in [5.41, 5.74) is 22.9. The smallest absolute Gasteiger partial charge is 0.373 e. The second-order valence-electron chi connectivity index (χ2n) is 26.9. The number of rotatable bonds is 11. The first kappa shape index (κ1) is 89.7. The molecule has 0 saturated carbocycles. The van der Waals surface area contributed by atoms with E-state index < -0.39 is 0 Å². The summed E-state index contributed by atoms with van der Waals surface area (Å²) in [7, 11) is 10.8. The number of ether oxygens (including phenoxy) is 7. The largest absolute Gasteiger partial charge is 0.497 e. The summed E-state index contributed by atoms with van der Waals surface area (Å²) in [6.07, 6.45) is 2.07. The second-order valence-corrected chi connectivity index (χ2v) is 30.0. The van der Waals surface area contributed by atoms with Gasteiger partial charge in [0, 0.05) is 54.6 Å². The number of aryl methyl sites for hydroxylation is 10. The quantitative estimate of drug-likeness (QED) is 0.0860. The lowest BCUT2D eigenvalue weighted by molar-refractivity contribution is -0.193. The highest BCUT2D eigenvalue weighted by Gasteiger charge is 2.24. The van der Waals surface area contributed by atoms with Crippen LogP contribution < -0.4 is 18.9 Å². The number of esters is 3. The van der Waals surface area contributed by atoms with E-state index in [9.17, 15) is 14.4 Å². The molecule has 0 aliphatic carbocycles.